The molecule has 2 aliphatic rings. The van der Waals surface area contributed by atoms with E-state index < -0.39 is 0 Å². The van der Waals surface area contributed by atoms with Crippen LogP contribution in [0, 0.1) is 0 Å². The SMILES string of the molecule is CC1(C)c2cc(-c3cc4c5c(ccc6cccc(c65)C4(C)C)c3)ccc2-c2ccc(N(c3ccccc3)c3ccc4ccccc4n3)cc21. The Kier molecular flexibility index (Phi) is 5.72. The molecule has 0 atom stereocenters. The molecule has 10 rings (SSSR count). The summed E-state index contributed by atoms with van der Waals surface area (Å²) >= 11 is 0. The largest absolute Gasteiger partial charge is 0.295 e. The highest BCUT2D eigenvalue weighted by Crippen LogP contribution is 2.53. The molecule has 0 unspecified atom stereocenters. The van der Waals surface area contributed by atoms with Crippen molar-refractivity contribution in [2.24, 2.45) is 0 Å². The molecule has 1 heterocycles. The average molecular weight is 629 g/mol. The van der Waals surface area contributed by atoms with Crippen molar-refractivity contribution in [2.75, 3.05) is 4.90 Å². The third-order valence-corrected chi connectivity index (χ3v) is 11.4. The minimum Gasteiger partial charge on any atom is -0.295 e. The molecule has 0 saturated heterocycles. The summed E-state index contributed by atoms with van der Waals surface area (Å²) in [7, 11) is 0. The van der Waals surface area contributed by atoms with Gasteiger partial charge in [0.25, 0.3) is 0 Å². The van der Waals surface area contributed by atoms with Crippen molar-refractivity contribution >= 4 is 49.6 Å². The van der Waals surface area contributed by atoms with Crippen molar-refractivity contribution in [2.45, 2.75) is 38.5 Å². The van der Waals surface area contributed by atoms with Gasteiger partial charge in [-0.15, -0.1) is 0 Å². The summed E-state index contributed by atoms with van der Waals surface area (Å²) in [5.41, 5.74) is 13.8. The number of nitrogens with zero attached hydrogens (tertiary/aromatic N) is 2. The van der Waals surface area contributed by atoms with E-state index in [0.717, 1.165) is 28.1 Å². The van der Waals surface area contributed by atoms with E-state index >= 15 is 0 Å². The van der Waals surface area contributed by atoms with Gasteiger partial charge in [-0.2, -0.15) is 0 Å². The standard InChI is InChI=1S/C47H36N2/c1-46(2)38-15-10-12-30-17-18-32-25-33(27-41(46)45(32)44(30)38)31-19-22-36-37-23-21-35(28-40(37)47(3,4)39(36)26-31)49(34-13-6-5-7-14-34)43-24-20-29-11-8-9-16-42(29)48-43/h5-28H,1-4H3. The highest BCUT2D eigenvalue weighted by Gasteiger charge is 2.37. The molecule has 1 aromatic heterocycles. The molecular formula is C47H36N2. The first-order valence-corrected chi connectivity index (χ1v) is 17.3. The molecule has 0 spiro atoms. The van der Waals surface area contributed by atoms with Crippen LogP contribution in [0.5, 0.6) is 0 Å². The van der Waals surface area contributed by atoms with Gasteiger partial charge in [-0.05, 0) is 127 Å². The molecular weight excluding hydrogens is 593 g/mol. The Morgan fingerprint density at radius 3 is 1.94 bits per heavy atom. The first-order chi connectivity index (χ1) is 23.8. The summed E-state index contributed by atoms with van der Waals surface area (Å²) in [5.74, 6) is 0.910. The predicted octanol–water partition coefficient (Wildman–Crippen LogP) is 12.6. The average Bonchev–Trinajstić information content (AvgIpc) is 3.50. The van der Waals surface area contributed by atoms with Crippen LogP contribution in [0.3, 0.4) is 0 Å². The van der Waals surface area contributed by atoms with E-state index in [9.17, 15) is 0 Å². The lowest BCUT2D eigenvalue weighted by atomic mass is 9.79. The van der Waals surface area contributed by atoms with Gasteiger partial charge in [0.1, 0.15) is 5.82 Å². The zero-order chi connectivity index (χ0) is 33.1. The highest BCUT2D eigenvalue weighted by atomic mass is 15.2. The number of anilines is 3. The van der Waals surface area contributed by atoms with E-state index in [2.05, 4.69) is 178 Å². The monoisotopic (exact) mass is 628 g/mol. The fourth-order valence-electron chi connectivity index (χ4n) is 8.78. The second-order valence-corrected chi connectivity index (χ2v) is 14.9. The summed E-state index contributed by atoms with van der Waals surface area (Å²) in [6.07, 6.45) is 0. The minimum atomic E-state index is -0.175. The topological polar surface area (TPSA) is 16.1 Å². The van der Waals surface area contributed by atoms with Crippen molar-refractivity contribution in [3.05, 3.63) is 168 Å². The van der Waals surface area contributed by atoms with E-state index in [4.69, 9.17) is 4.98 Å². The number of benzene rings is 7. The minimum absolute atomic E-state index is 0.0371. The number of hydrogen-bond acceptors (Lipinski definition) is 2. The number of aromatic nitrogens is 1. The summed E-state index contributed by atoms with van der Waals surface area (Å²) in [4.78, 5) is 7.41. The fourth-order valence-corrected chi connectivity index (χ4v) is 8.78. The highest BCUT2D eigenvalue weighted by molar-refractivity contribution is 6.15. The van der Waals surface area contributed by atoms with Crippen molar-refractivity contribution in [1.82, 2.24) is 4.98 Å². The zero-order valence-electron chi connectivity index (χ0n) is 28.3. The van der Waals surface area contributed by atoms with Gasteiger partial charge in [-0.25, -0.2) is 4.98 Å². The third kappa shape index (κ3) is 3.98. The number of hydrogen-bond donors (Lipinski definition) is 0. The van der Waals surface area contributed by atoms with Crippen LogP contribution in [0.2, 0.25) is 0 Å². The van der Waals surface area contributed by atoms with Crippen LogP contribution in [0.4, 0.5) is 17.2 Å². The Hall–Kier alpha value is -5.73. The molecule has 2 nitrogen and oxygen atoms in total. The number of rotatable bonds is 4. The van der Waals surface area contributed by atoms with Crippen molar-refractivity contribution in [3.8, 4) is 22.3 Å². The van der Waals surface area contributed by atoms with Crippen LogP contribution in [-0.2, 0) is 10.8 Å². The first-order valence-electron chi connectivity index (χ1n) is 17.3. The normalized spacial score (nSPS) is 14.9. The lowest BCUT2D eigenvalue weighted by molar-refractivity contribution is 0.660. The van der Waals surface area contributed by atoms with Gasteiger partial charge < -0.3 is 0 Å². The van der Waals surface area contributed by atoms with Crippen LogP contribution in [0.15, 0.2) is 146 Å². The van der Waals surface area contributed by atoms with Crippen molar-refractivity contribution in [3.63, 3.8) is 0 Å². The van der Waals surface area contributed by atoms with Crippen LogP contribution >= 0.6 is 0 Å². The summed E-state index contributed by atoms with van der Waals surface area (Å²) < 4.78 is 0. The maximum atomic E-state index is 5.13. The second kappa shape index (κ2) is 9.90. The van der Waals surface area contributed by atoms with Crippen molar-refractivity contribution < 1.29 is 0 Å². The smallest absolute Gasteiger partial charge is 0.138 e. The Morgan fingerprint density at radius 2 is 1.08 bits per heavy atom. The molecule has 0 amide bonds. The predicted molar refractivity (Wildman–Crippen MR) is 207 cm³/mol. The Morgan fingerprint density at radius 1 is 0.429 bits per heavy atom. The lowest BCUT2D eigenvalue weighted by Gasteiger charge is -2.27. The summed E-state index contributed by atoms with van der Waals surface area (Å²) in [5, 5.41) is 6.66. The molecule has 7 aromatic carbocycles. The summed E-state index contributed by atoms with van der Waals surface area (Å²) in [6, 6.07) is 53.6. The molecule has 0 bridgehead atoms. The van der Waals surface area contributed by atoms with E-state index in [1.165, 1.54) is 66.1 Å². The van der Waals surface area contributed by atoms with Crippen LogP contribution in [0.25, 0.3) is 54.7 Å². The first kappa shape index (κ1) is 28.3. The molecule has 0 fully saturated rings. The Balaban J connectivity index is 1.09. The molecule has 49 heavy (non-hydrogen) atoms. The van der Waals surface area contributed by atoms with E-state index in [0.29, 0.717) is 0 Å². The number of pyridine rings is 1. The van der Waals surface area contributed by atoms with Crippen molar-refractivity contribution in [1.29, 1.82) is 0 Å². The van der Waals surface area contributed by atoms with Gasteiger partial charge in [0.2, 0.25) is 0 Å². The molecule has 0 radical (unpaired) electrons. The maximum Gasteiger partial charge on any atom is 0.138 e. The molecule has 0 aliphatic heterocycles. The molecule has 2 heteroatoms. The zero-order valence-corrected chi connectivity index (χ0v) is 28.3. The fraction of sp³-hybridized carbons (Fsp3) is 0.128. The van der Waals surface area contributed by atoms with Crippen LogP contribution in [-0.4, -0.2) is 4.98 Å². The molecule has 2 aliphatic carbocycles. The molecule has 0 saturated carbocycles. The lowest BCUT2D eigenvalue weighted by Crippen LogP contribution is -2.17. The maximum absolute atomic E-state index is 5.13. The molecule has 8 aromatic rings. The van der Waals surface area contributed by atoms with Gasteiger partial charge in [-0.3, -0.25) is 4.90 Å². The Bertz CT molecular complexity index is 2660. The van der Waals surface area contributed by atoms with E-state index in [-0.39, 0.29) is 10.8 Å². The second-order valence-electron chi connectivity index (χ2n) is 14.9. The van der Waals surface area contributed by atoms with Gasteiger partial charge in [0.15, 0.2) is 0 Å². The molecule has 0 N–H and O–H groups in total. The quantitative estimate of drug-likeness (QED) is 0.180. The van der Waals surface area contributed by atoms with Crippen LogP contribution in [0.1, 0.15) is 49.9 Å². The number of fused-ring (bicyclic) bond motifs is 4. The molecule has 234 valence electrons. The van der Waals surface area contributed by atoms with Crippen LogP contribution < -0.4 is 4.90 Å². The number of para-hydroxylation sites is 2. The van der Waals surface area contributed by atoms with Gasteiger partial charge >= 0.3 is 0 Å². The Labute approximate surface area is 287 Å². The van der Waals surface area contributed by atoms with Gasteiger partial charge in [0, 0.05) is 27.6 Å². The summed E-state index contributed by atoms with van der Waals surface area (Å²) in [6.45, 7) is 9.52. The van der Waals surface area contributed by atoms with Gasteiger partial charge in [-0.1, -0.05) is 113 Å². The third-order valence-electron chi connectivity index (χ3n) is 11.4. The van der Waals surface area contributed by atoms with Gasteiger partial charge in [0.05, 0.1) is 5.52 Å². The van der Waals surface area contributed by atoms with E-state index in [1.54, 1.807) is 0 Å². The van der Waals surface area contributed by atoms with E-state index in [1.807, 2.05) is 0 Å².